The molecular formula is C12H19NO3. The average Bonchev–Trinajstić information content (AvgIpc) is 2.81. The van der Waals surface area contributed by atoms with E-state index in [1.807, 2.05) is 12.1 Å². The standard InChI is InChI=1S/C12H19NO3/c1-13(10-11-4-2-7-14-11)6-5-12-15-8-3-9-16-12/h2,4,7,12H,3,5-6,8-10H2,1H3. The van der Waals surface area contributed by atoms with Gasteiger partial charge in [0.15, 0.2) is 6.29 Å². The van der Waals surface area contributed by atoms with Crippen LogP contribution in [-0.2, 0) is 16.0 Å². The van der Waals surface area contributed by atoms with Crippen molar-refractivity contribution in [2.24, 2.45) is 0 Å². The van der Waals surface area contributed by atoms with Crippen LogP contribution >= 0.6 is 0 Å². The number of rotatable bonds is 5. The second-order valence-electron chi connectivity index (χ2n) is 4.13. The van der Waals surface area contributed by atoms with Gasteiger partial charge in [-0.1, -0.05) is 0 Å². The summed E-state index contributed by atoms with van der Waals surface area (Å²) >= 11 is 0. The van der Waals surface area contributed by atoms with E-state index in [1.54, 1.807) is 6.26 Å². The zero-order valence-corrected chi connectivity index (χ0v) is 9.72. The Morgan fingerprint density at radius 3 is 2.88 bits per heavy atom. The fraction of sp³-hybridized carbons (Fsp3) is 0.667. The Labute approximate surface area is 96.1 Å². The highest BCUT2D eigenvalue weighted by atomic mass is 16.7. The number of hydrogen-bond donors (Lipinski definition) is 0. The Kier molecular flexibility index (Phi) is 4.39. The highest BCUT2D eigenvalue weighted by molar-refractivity contribution is 4.97. The lowest BCUT2D eigenvalue weighted by molar-refractivity contribution is -0.182. The number of furan rings is 1. The van der Waals surface area contributed by atoms with Crippen LogP contribution in [0.1, 0.15) is 18.6 Å². The predicted octanol–water partition coefficient (Wildman–Crippen LogP) is 1.86. The van der Waals surface area contributed by atoms with E-state index < -0.39 is 0 Å². The SMILES string of the molecule is CN(CCC1OCCCO1)Cc1ccco1. The first-order valence-corrected chi connectivity index (χ1v) is 5.79. The van der Waals surface area contributed by atoms with Crippen LogP contribution in [0.4, 0.5) is 0 Å². The van der Waals surface area contributed by atoms with Gasteiger partial charge in [0.2, 0.25) is 0 Å². The lowest BCUT2D eigenvalue weighted by Crippen LogP contribution is -2.29. The van der Waals surface area contributed by atoms with Gasteiger partial charge in [-0.15, -0.1) is 0 Å². The Bertz CT molecular complexity index is 280. The van der Waals surface area contributed by atoms with Gasteiger partial charge in [-0.2, -0.15) is 0 Å². The maximum absolute atomic E-state index is 5.49. The Morgan fingerprint density at radius 1 is 1.38 bits per heavy atom. The second-order valence-corrected chi connectivity index (χ2v) is 4.13. The van der Waals surface area contributed by atoms with E-state index in [0.717, 1.165) is 44.9 Å². The normalized spacial score (nSPS) is 18.1. The van der Waals surface area contributed by atoms with Crippen molar-refractivity contribution in [1.29, 1.82) is 0 Å². The summed E-state index contributed by atoms with van der Waals surface area (Å²) < 4.78 is 16.3. The molecule has 0 saturated carbocycles. The molecule has 0 bridgehead atoms. The summed E-state index contributed by atoms with van der Waals surface area (Å²) in [7, 11) is 2.07. The smallest absolute Gasteiger partial charge is 0.158 e. The van der Waals surface area contributed by atoms with Crippen LogP contribution in [0, 0.1) is 0 Å². The van der Waals surface area contributed by atoms with Gasteiger partial charge in [-0.3, -0.25) is 4.90 Å². The molecule has 4 nitrogen and oxygen atoms in total. The molecule has 1 aliphatic heterocycles. The van der Waals surface area contributed by atoms with Gasteiger partial charge < -0.3 is 13.9 Å². The molecule has 1 saturated heterocycles. The van der Waals surface area contributed by atoms with Crippen LogP contribution in [0.15, 0.2) is 22.8 Å². The monoisotopic (exact) mass is 225 g/mol. The van der Waals surface area contributed by atoms with Crippen LogP contribution in [0.5, 0.6) is 0 Å². The summed E-state index contributed by atoms with van der Waals surface area (Å²) in [6, 6.07) is 3.90. The van der Waals surface area contributed by atoms with E-state index >= 15 is 0 Å². The van der Waals surface area contributed by atoms with Crippen LogP contribution in [-0.4, -0.2) is 38.0 Å². The molecule has 0 radical (unpaired) electrons. The van der Waals surface area contributed by atoms with E-state index in [1.165, 1.54) is 0 Å². The molecule has 1 aromatic rings. The van der Waals surface area contributed by atoms with E-state index in [-0.39, 0.29) is 6.29 Å². The number of hydrogen-bond acceptors (Lipinski definition) is 4. The van der Waals surface area contributed by atoms with E-state index in [4.69, 9.17) is 13.9 Å². The molecular weight excluding hydrogens is 206 g/mol. The Balaban J connectivity index is 1.65. The summed E-state index contributed by atoms with van der Waals surface area (Å²) in [6.45, 7) is 3.43. The van der Waals surface area contributed by atoms with Gasteiger partial charge in [-0.25, -0.2) is 0 Å². The first-order chi connectivity index (χ1) is 7.84. The third-order valence-electron chi connectivity index (χ3n) is 2.65. The molecule has 0 atom stereocenters. The van der Waals surface area contributed by atoms with Crippen LogP contribution in [0.25, 0.3) is 0 Å². The highest BCUT2D eigenvalue weighted by Gasteiger charge is 2.14. The molecule has 0 unspecified atom stereocenters. The molecule has 1 aromatic heterocycles. The van der Waals surface area contributed by atoms with E-state index in [9.17, 15) is 0 Å². The van der Waals surface area contributed by atoms with Crippen molar-refractivity contribution in [3.05, 3.63) is 24.2 Å². The topological polar surface area (TPSA) is 34.8 Å². The van der Waals surface area contributed by atoms with Gasteiger partial charge in [-0.05, 0) is 25.6 Å². The first kappa shape index (κ1) is 11.6. The van der Waals surface area contributed by atoms with E-state index in [0.29, 0.717) is 0 Å². The molecule has 0 aromatic carbocycles. The highest BCUT2D eigenvalue weighted by Crippen LogP contribution is 2.10. The van der Waals surface area contributed by atoms with Crippen molar-refractivity contribution in [2.75, 3.05) is 26.8 Å². The van der Waals surface area contributed by atoms with Crippen LogP contribution in [0.3, 0.4) is 0 Å². The van der Waals surface area contributed by atoms with Crippen molar-refractivity contribution in [1.82, 2.24) is 4.90 Å². The molecule has 2 rings (SSSR count). The maximum atomic E-state index is 5.49. The van der Waals surface area contributed by atoms with E-state index in [2.05, 4.69) is 11.9 Å². The molecule has 90 valence electrons. The van der Waals surface area contributed by atoms with Crippen LogP contribution in [0.2, 0.25) is 0 Å². The molecule has 2 heterocycles. The third kappa shape index (κ3) is 3.63. The van der Waals surface area contributed by atoms with Crippen LogP contribution < -0.4 is 0 Å². The number of ether oxygens (including phenoxy) is 2. The van der Waals surface area contributed by atoms with Gasteiger partial charge in [0.05, 0.1) is 26.0 Å². The quantitative estimate of drug-likeness (QED) is 0.766. The van der Waals surface area contributed by atoms with Crippen molar-refractivity contribution in [3.8, 4) is 0 Å². The lowest BCUT2D eigenvalue weighted by atomic mass is 10.3. The molecule has 4 heteroatoms. The van der Waals surface area contributed by atoms with Gasteiger partial charge >= 0.3 is 0 Å². The van der Waals surface area contributed by atoms with Crippen molar-refractivity contribution in [2.45, 2.75) is 25.7 Å². The van der Waals surface area contributed by atoms with Crippen molar-refractivity contribution < 1.29 is 13.9 Å². The summed E-state index contributed by atoms with van der Waals surface area (Å²) in [5.41, 5.74) is 0. The second kappa shape index (κ2) is 6.03. The first-order valence-electron chi connectivity index (χ1n) is 5.79. The minimum absolute atomic E-state index is 0.0206. The zero-order chi connectivity index (χ0) is 11.2. The molecule has 0 spiro atoms. The summed E-state index contributed by atoms with van der Waals surface area (Å²) in [6.07, 6.45) is 3.61. The minimum atomic E-state index is -0.0206. The predicted molar refractivity (Wildman–Crippen MR) is 60.0 cm³/mol. The third-order valence-corrected chi connectivity index (χ3v) is 2.65. The molecule has 16 heavy (non-hydrogen) atoms. The van der Waals surface area contributed by atoms with Gasteiger partial charge in [0, 0.05) is 13.0 Å². The average molecular weight is 225 g/mol. The summed E-state index contributed by atoms with van der Waals surface area (Å²) in [5, 5.41) is 0. The molecule has 1 fully saturated rings. The Hall–Kier alpha value is -0.840. The van der Waals surface area contributed by atoms with Gasteiger partial charge in [0.1, 0.15) is 5.76 Å². The minimum Gasteiger partial charge on any atom is -0.468 e. The van der Waals surface area contributed by atoms with Gasteiger partial charge in [0.25, 0.3) is 0 Å². The zero-order valence-electron chi connectivity index (χ0n) is 9.72. The lowest BCUT2D eigenvalue weighted by Gasteiger charge is -2.25. The number of nitrogens with zero attached hydrogens (tertiary/aromatic N) is 1. The summed E-state index contributed by atoms with van der Waals surface area (Å²) in [4.78, 5) is 2.21. The molecule has 0 N–H and O–H groups in total. The largest absolute Gasteiger partial charge is 0.468 e. The maximum Gasteiger partial charge on any atom is 0.158 e. The fourth-order valence-electron chi connectivity index (χ4n) is 1.78. The van der Waals surface area contributed by atoms with Crippen molar-refractivity contribution >= 4 is 0 Å². The fourth-order valence-corrected chi connectivity index (χ4v) is 1.78. The molecule has 0 aliphatic carbocycles. The van der Waals surface area contributed by atoms with Crippen molar-refractivity contribution in [3.63, 3.8) is 0 Å². The molecule has 0 amide bonds. The Morgan fingerprint density at radius 2 is 2.19 bits per heavy atom. The summed E-state index contributed by atoms with van der Waals surface area (Å²) in [5.74, 6) is 0.994. The molecule has 1 aliphatic rings.